The lowest BCUT2D eigenvalue weighted by Crippen LogP contribution is -2.05. The van der Waals surface area contributed by atoms with Crippen LogP contribution < -0.4 is 9.47 Å². The number of carbonyl (C=O) groups is 1. The summed E-state index contributed by atoms with van der Waals surface area (Å²) in [6.45, 7) is 1.89. The van der Waals surface area contributed by atoms with Gasteiger partial charge in [0.1, 0.15) is 16.0 Å². The van der Waals surface area contributed by atoms with Crippen molar-refractivity contribution in [3.63, 3.8) is 0 Å². The quantitative estimate of drug-likeness (QED) is 0.735. The molecule has 0 aromatic heterocycles. The summed E-state index contributed by atoms with van der Waals surface area (Å²) < 4.78 is 11.2. The Balaban J connectivity index is 2.55. The van der Waals surface area contributed by atoms with Crippen LogP contribution in [0.15, 0.2) is 34.8 Å². The molecule has 21 heavy (non-hydrogen) atoms. The zero-order valence-corrected chi connectivity index (χ0v) is 14.2. The minimum absolute atomic E-state index is 0.152. The molecule has 110 valence electrons. The maximum Gasteiger partial charge on any atom is 0.196 e. The van der Waals surface area contributed by atoms with E-state index < -0.39 is 0 Å². The van der Waals surface area contributed by atoms with Crippen LogP contribution in [0.1, 0.15) is 21.5 Å². The summed E-state index contributed by atoms with van der Waals surface area (Å²) in [6, 6.07) is 8.65. The first-order valence-corrected chi connectivity index (χ1v) is 7.37. The normalized spacial score (nSPS) is 10.3. The Kier molecular flexibility index (Phi) is 4.91. The van der Waals surface area contributed by atoms with E-state index in [0.29, 0.717) is 32.1 Å². The summed E-state index contributed by atoms with van der Waals surface area (Å²) >= 11 is 9.42. The van der Waals surface area contributed by atoms with Crippen molar-refractivity contribution in [2.24, 2.45) is 0 Å². The molecule has 2 rings (SSSR count). The van der Waals surface area contributed by atoms with Crippen molar-refractivity contribution >= 4 is 33.3 Å². The molecular weight excluding hydrogens is 356 g/mol. The molecule has 0 atom stereocenters. The van der Waals surface area contributed by atoms with Crippen LogP contribution in [0.5, 0.6) is 11.5 Å². The Morgan fingerprint density at radius 1 is 1.14 bits per heavy atom. The third-order valence-electron chi connectivity index (χ3n) is 3.03. The topological polar surface area (TPSA) is 35.5 Å². The minimum atomic E-state index is -0.152. The minimum Gasteiger partial charge on any atom is -0.495 e. The molecule has 0 aliphatic carbocycles. The van der Waals surface area contributed by atoms with Crippen LogP contribution in [-0.2, 0) is 0 Å². The molecule has 0 radical (unpaired) electrons. The summed E-state index contributed by atoms with van der Waals surface area (Å²) in [4.78, 5) is 12.7. The lowest BCUT2D eigenvalue weighted by atomic mass is 10.0. The lowest BCUT2D eigenvalue weighted by Gasteiger charge is -2.13. The van der Waals surface area contributed by atoms with Crippen LogP contribution in [0.25, 0.3) is 0 Å². The molecule has 3 nitrogen and oxygen atoms in total. The number of hydrogen-bond donors (Lipinski definition) is 0. The number of carbonyl (C=O) groups excluding carboxylic acids is 1. The lowest BCUT2D eigenvalue weighted by molar-refractivity contribution is 0.103. The summed E-state index contributed by atoms with van der Waals surface area (Å²) in [7, 11) is 3.07. The third-order valence-corrected chi connectivity index (χ3v) is 4.00. The van der Waals surface area contributed by atoms with E-state index in [2.05, 4.69) is 15.9 Å². The molecule has 0 aliphatic rings. The molecule has 0 heterocycles. The Morgan fingerprint density at radius 3 is 2.43 bits per heavy atom. The van der Waals surface area contributed by atoms with Gasteiger partial charge in [0.25, 0.3) is 0 Å². The third kappa shape index (κ3) is 3.22. The largest absolute Gasteiger partial charge is 0.495 e. The molecule has 0 saturated carbocycles. The van der Waals surface area contributed by atoms with E-state index in [1.807, 2.05) is 6.92 Å². The number of rotatable bonds is 4. The van der Waals surface area contributed by atoms with E-state index >= 15 is 0 Å². The number of ether oxygens (including phenoxy) is 2. The highest BCUT2D eigenvalue weighted by molar-refractivity contribution is 9.10. The molecule has 0 aliphatic heterocycles. The number of methoxy groups -OCH3 is 2. The Morgan fingerprint density at radius 2 is 1.86 bits per heavy atom. The van der Waals surface area contributed by atoms with Gasteiger partial charge in [0.05, 0.1) is 19.8 Å². The zero-order valence-electron chi connectivity index (χ0n) is 11.9. The van der Waals surface area contributed by atoms with Gasteiger partial charge in [0.2, 0.25) is 0 Å². The molecular formula is C16H14BrClO3. The van der Waals surface area contributed by atoms with Crippen molar-refractivity contribution in [3.05, 3.63) is 56.5 Å². The van der Waals surface area contributed by atoms with E-state index in [4.69, 9.17) is 21.1 Å². The van der Waals surface area contributed by atoms with Crippen molar-refractivity contribution in [1.82, 2.24) is 0 Å². The Bertz CT molecular complexity index is 678. The molecule has 0 amide bonds. The standard InChI is InChI=1S/C16H14BrClO3/c1-9-6-10(8-11(18)7-9)15(19)12-4-5-13(20-2)14(17)16(12)21-3/h4-8H,1-3H3. The maximum absolute atomic E-state index is 12.7. The highest BCUT2D eigenvalue weighted by Gasteiger charge is 2.20. The van der Waals surface area contributed by atoms with Gasteiger partial charge in [-0.1, -0.05) is 11.6 Å². The molecule has 0 N–H and O–H groups in total. The van der Waals surface area contributed by atoms with Crippen molar-refractivity contribution in [3.8, 4) is 11.5 Å². The van der Waals surface area contributed by atoms with E-state index in [1.165, 1.54) is 7.11 Å². The summed E-state index contributed by atoms with van der Waals surface area (Å²) in [6.07, 6.45) is 0. The second kappa shape index (κ2) is 6.50. The summed E-state index contributed by atoms with van der Waals surface area (Å²) in [5, 5.41) is 0.532. The molecule has 0 saturated heterocycles. The van der Waals surface area contributed by atoms with Crippen LogP contribution in [0.2, 0.25) is 5.02 Å². The average Bonchev–Trinajstić information content (AvgIpc) is 2.45. The van der Waals surface area contributed by atoms with Crippen LogP contribution in [0, 0.1) is 6.92 Å². The highest BCUT2D eigenvalue weighted by atomic mass is 79.9. The Labute approximate surface area is 137 Å². The molecule has 2 aromatic carbocycles. The van der Waals surface area contributed by atoms with Gasteiger partial charge in [0, 0.05) is 10.6 Å². The molecule has 2 aromatic rings. The first kappa shape index (κ1) is 15.9. The predicted octanol–water partition coefficient (Wildman–Crippen LogP) is 4.66. The monoisotopic (exact) mass is 368 g/mol. The van der Waals surface area contributed by atoms with Gasteiger partial charge >= 0.3 is 0 Å². The first-order chi connectivity index (χ1) is 9.97. The predicted molar refractivity (Wildman–Crippen MR) is 86.9 cm³/mol. The number of halogens is 2. The van der Waals surface area contributed by atoms with Gasteiger partial charge in [-0.15, -0.1) is 0 Å². The number of aryl methyl sites for hydroxylation is 1. The molecule has 5 heteroatoms. The second-order valence-electron chi connectivity index (χ2n) is 4.51. The van der Waals surface area contributed by atoms with E-state index in [9.17, 15) is 4.79 Å². The van der Waals surface area contributed by atoms with Gasteiger partial charge in [-0.2, -0.15) is 0 Å². The second-order valence-corrected chi connectivity index (χ2v) is 5.74. The highest BCUT2D eigenvalue weighted by Crippen LogP contribution is 2.38. The van der Waals surface area contributed by atoms with Crippen LogP contribution in [0.4, 0.5) is 0 Å². The van der Waals surface area contributed by atoms with Gasteiger partial charge in [-0.3, -0.25) is 4.79 Å². The smallest absolute Gasteiger partial charge is 0.196 e. The van der Waals surface area contributed by atoms with Crippen LogP contribution in [-0.4, -0.2) is 20.0 Å². The van der Waals surface area contributed by atoms with Crippen molar-refractivity contribution in [1.29, 1.82) is 0 Å². The van der Waals surface area contributed by atoms with Gasteiger partial charge in [-0.25, -0.2) is 0 Å². The summed E-state index contributed by atoms with van der Waals surface area (Å²) in [5.41, 5.74) is 1.90. The van der Waals surface area contributed by atoms with Gasteiger partial charge < -0.3 is 9.47 Å². The van der Waals surface area contributed by atoms with Crippen molar-refractivity contribution in [2.75, 3.05) is 14.2 Å². The van der Waals surface area contributed by atoms with Crippen LogP contribution >= 0.6 is 27.5 Å². The number of hydrogen-bond acceptors (Lipinski definition) is 3. The number of benzene rings is 2. The molecule has 0 bridgehead atoms. The zero-order chi connectivity index (χ0) is 15.6. The fraction of sp³-hybridized carbons (Fsp3) is 0.188. The van der Waals surface area contributed by atoms with Gasteiger partial charge in [-0.05, 0) is 58.7 Å². The van der Waals surface area contributed by atoms with Crippen molar-refractivity contribution < 1.29 is 14.3 Å². The molecule has 0 spiro atoms. The van der Waals surface area contributed by atoms with Gasteiger partial charge in [0.15, 0.2) is 5.78 Å². The fourth-order valence-electron chi connectivity index (χ4n) is 2.10. The van der Waals surface area contributed by atoms with E-state index in [0.717, 1.165) is 5.56 Å². The van der Waals surface area contributed by atoms with Crippen molar-refractivity contribution in [2.45, 2.75) is 6.92 Å². The maximum atomic E-state index is 12.7. The Hall–Kier alpha value is -1.52. The fourth-order valence-corrected chi connectivity index (χ4v) is 3.06. The first-order valence-electron chi connectivity index (χ1n) is 6.20. The summed E-state index contributed by atoms with van der Waals surface area (Å²) in [5.74, 6) is 0.892. The SMILES string of the molecule is COc1ccc(C(=O)c2cc(C)cc(Cl)c2)c(OC)c1Br. The van der Waals surface area contributed by atoms with Crippen LogP contribution in [0.3, 0.4) is 0 Å². The number of ketones is 1. The molecule has 0 fully saturated rings. The molecule has 0 unspecified atom stereocenters. The average molecular weight is 370 g/mol. The van der Waals surface area contributed by atoms with E-state index in [-0.39, 0.29) is 5.78 Å². The van der Waals surface area contributed by atoms with E-state index in [1.54, 1.807) is 37.4 Å².